The third-order valence-electron chi connectivity index (χ3n) is 5.39. The second-order valence-electron chi connectivity index (χ2n) is 7.30. The highest BCUT2D eigenvalue weighted by molar-refractivity contribution is 6.36. The van der Waals surface area contributed by atoms with Crippen LogP contribution in [0, 0.1) is 0 Å². The number of carbonyl (C=O) groups is 3. The molecule has 9 heteroatoms. The smallest absolute Gasteiger partial charge is 0.261 e. The molecule has 0 spiro atoms. The van der Waals surface area contributed by atoms with Gasteiger partial charge in [0, 0.05) is 11.1 Å². The Labute approximate surface area is 198 Å². The van der Waals surface area contributed by atoms with E-state index in [1.807, 2.05) is 0 Å². The van der Waals surface area contributed by atoms with Gasteiger partial charge in [-0.3, -0.25) is 23.9 Å². The molecule has 0 radical (unpaired) electrons. The Hall–Kier alpha value is -3.81. The number of hydrogen-bond donors (Lipinski definition) is 0. The lowest BCUT2D eigenvalue weighted by Gasteiger charge is -2.17. The van der Waals surface area contributed by atoms with Crippen molar-refractivity contribution in [1.82, 2.24) is 19.7 Å². The molecular formula is C24H14Cl2N4O3. The quantitative estimate of drug-likeness (QED) is 0.310. The topological polar surface area (TPSA) is 85.2 Å². The van der Waals surface area contributed by atoms with Crippen LogP contribution in [0.25, 0.3) is 5.69 Å². The minimum Gasteiger partial charge on any atom is -0.288 e. The van der Waals surface area contributed by atoms with Crippen molar-refractivity contribution in [3.05, 3.63) is 111 Å². The maximum Gasteiger partial charge on any atom is 0.261 e. The van der Waals surface area contributed by atoms with E-state index in [4.69, 9.17) is 23.2 Å². The average Bonchev–Trinajstić information content (AvgIpc) is 3.37. The Bertz CT molecular complexity index is 1410. The third-order valence-corrected chi connectivity index (χ3v) is 6.02. The Balaban J connectivity index is 1.56. The summed E-state index contributed by atoms with van der Waals surface area (Å²) in [7, 11) is 0. The molecule has 4 aromatic rings. The number of benzene rings is 3. The summed E-state index contributed by atoms with van der Waals surface area (Å²) in [4.78, 5) is 40.0. The van der Waals surface area contributed by atoms with Crippen molar-refractivity contribution < 1.29 is 14.4 Å². The standard InChI is InChI=1S/C24H14Cl2N4O3/c25-18-10-4-3-8-16(18)22(31)17-9-5-11-19(26)21(17)30-13-27-28-20(30)12-29-23(32)14-6-1-2-7-15(14)24(29)33/h1-11,13H,12H2. The largest absolute Gasteiger partial charge is 0.288 e. The van der Waals surface area contributed by atoms with E-state index in [1.54, 1.807) is 66.7 Å². The van der Waals surface area contributed by atoms with Gasteiger partial charge in [0.2, 0.25) is 0 Å². The number of para-hydroxylation sites is 1. The van der Waals surface area contributed by atoms with Crippen LogP contribution >= 0.6 is 23.2 Å². The van der Waals surface area contributed by atoms with Crippen molar-refractivity contribution >= 4 is 40.8 Å². The third kappa shape index (κ3) is 3.51. The van der Waals surface area contributed by atoms with Gasteiger partial charge in [-0.1, -0.05) is 53.5 Å². The molecule has 2 heterocycles. The maximum absolute atomic E-state index is 13.3. The molecule has 0 saturated carbocycles. The predicted octanol–water partition coefficient (Wildman–Crippen LogP) is 4.60. The van der Waals surface area contributed by atoms with Crippen LogP contribution < -0.4 is 0 Å². The summed E-state index contributed by atoms with van der Waals surface area (Å²) in [6, 6.07) is 18.2. The fraction of sp³-hybridized carbons (Fsp3) is 0.0417. The van der Waals surface area contributed by atoms with E-state index in [0.717, 1.165) is 4.90 Å². The van der Waals surface area contributed by atoms with Gasteiger partial charge in [0.1, 0.15) is 6.33 Å². The molecule has 0 atom stereocenters. The molecule has 7 nitrogen and oxygen atoms in total. The molecule has 0 unspecified atom stereocenters. The van der Waals surface area contributed by atoms with Crippen LogP contribution in [0.2, 0.25) is 10.0 Å². The van der Waals surface area contributed by atoms with Crippen LogP contribution in [0.4, 0.5) is 0 Å². The molecule has 0 bridgehead atoms. The first kappa shape index (κ1) is 21.1. The molecule has 1 aliphatic rings. The van der Waals surface area contributed by atoms with Gasteiger partial charge >= 0.3 is 0 Å². The minimum absolute atomic E-state index is 0.142. The normalized spacial score (nSPS) is 12.8. The van der Waals surface area contributed by atoms with Crippen LogP contribution in [0.3, 0.4) is 0 Å². The monoisotopic (exact) mass is 476 g/mol. The highest BCUT2D eigenvalue weighted by Gasteiger charge is 2.36. The maximum atomic E-state index is 13.3. The average molecular weight is 477 g/mol. The van der Waals surface area contributed by atoms with Crippen molar-refractivity contribution in [2.24, 2.45) is 0 Å². The van der Waals surface area contributed by atoms with Gasteiger partial charge in [0.15, 0.2) is 11.6 Å². The Kier molecular flexibility index (Phi) is 5.28. The van der Waals surface area contributed by atoms with Crippen molar-refractivity contribution in [2.75, 3.05) is 0 Å². The molecule has 5 rings (SSSR count). The number of amides is 2. The molecule has 1 aromatic heterocycles. The fourth-order valence-corrected chi connectivity index (χ4v) is 4.30. The van der Waals surface area contributed by atoms with E-state index >= 15 is 0 Å². The van der Waals surface area contributed by atoms with E-state index < -0.39 is 11.8 Å². The van der Waals surface area contributed by atoms with Crippen LogP contribution in [-0.2, 0) is 6.54 Å². The van der Waals surface area contributed by atoms with Gasteiger partial charge in [0.05, 0.1) is 33.4 Å². The van der Waals surface area contributed by atoms with E-state index in [1.165, 1.54) is 10.9 Å². The zero-order chi connectivity index (χ0) is 23.1. The van der Waals surface area contributed by atoms with Crippen molar-refractivity contribution in [3.63, 3.8) is 0 Å². The molecule has 0 fully saturated rings. The molecular weight excluding hydrogens is 463 g/mol. The van der Waals surface area contributed by atoms with Gasteiger partial charge in [0.25, 0.3) is 11.8 Å². The first-order valence-electron chi connectivity index (χ1n) is 9.89. The molecule has 3 aromatic carbocycles. The fourth-order valence-electron chi connectivity index (χ4n) is 3.81. The Morgan fingerprint density at radius 3 is 2.09 bits per heavy atom. The Morgan fingerprint density at radius 2 is 1.39 bits per heavy atom. The van der Waals surface area contributed by atoms with Crippen molar-refractivity contribution in [2.45, 2.75) is 6.54 Å². The number of carbonyl (C=O) groups excluding carboxylic acids is 3. The zero-order valence-electron chi connectivity index (χ0n) is 16.9. The lowest BCUT2D eigenvalue weighted by molar-refractivity contribution is 0.0637. The highest BCUT2D eigenvalue weighted by Crippen LogP contribution is 2.30. The summed E-state index contributed by atoms with van der Waals surface area (Å²) in [6.45, 7) is -0.142. The number of halogens is 2. The van der Waals surface area contributed by atoms with Gasteiger partial charge in [-0.05, 0) is 36.4 Å². The van der Waals surface area contributed by atoms with Gasteiger partial charge in [-0.25, -0.2) is 0 Å². The first-order valence-corrected chi connectivity index (χ1v) is 10.6. The molecule has 162 valence electrons. The number of ketones is 1. The first-order chi connectivity index (χ1) is 16.0. The minimum atomic E-state index is -0.420. The van der Waals surface area contributed by atoms with Crippen LogP contribution in [0.1, 0.15) is 42.5 Å². The lowest BCUT2D eigenvalue weighted by Crippen LogP contribution is -2.30. The summed E-state index contributed by atoms with van der Waals surface area (Å²) >= 11 is 12.7. The summed E-state index contributed by atoms with van der Waals surface area (Å²) in [5, 5.41) is 8.61. The van der Waals surface area contributed by atoms with Crippen molar-refractivity contribution in [1.29, 1.82) is 0 Å². The van der Waals surface area contributed by atoms with Crippen molar-refractivity contribution in [3.8, 4) is 5.69 Å². The van der Waals surface area contributed by atoms with Crippen LogP contribution in [0.15, 0.2) is 73.1 Å². The second kappa shape index (κ2) is 8.27. The Morgan fingerprint density at radius 1 is 0.788 bits per heavy atom. The number of fused-ring (bicyclic) bond motifs is 1. The highest BCUT2D eigenvalue weighted by atomic mass is 35.5. The molecule has 0 saturated heterocycles. The summed E-state index contributed by atoms with van der Waals surface area (Å²) in [6.07, 6.45) is 1.39. The van der Waals surface area contributed by atoms with Crippen LogP contribution in [-0.4, -0.2) is 37.3 Å². The van der Waals surface area contributed by atoms with Crippen LogP contribution in [0.5, 0.6) is 0 Å². The summed E-state index contributed by atoms with van der Waals surface area (Å²) in [5.74, 6) is -0.905. The number of rotatable bonds is 5. The molecule has 2 amide bonds. The number of nitrogens with zero attached hydrogens (tertiary/aromatic N) is 4. The molecule has 0 N–H and O–H groups in total. The van der Waals surface area contributed by atoms with Gasteiger partial charge in [-0.15, -0.1) is 10.2 Å². The molecule has 33 heavy (non-hydrogen) atoms. The number of aromatic nitrogens is 3. The lowest BCUT2D eigenvalue weighted by atomic mass is 10.0. The number of hydrogen-bond acceptors (Lipinski definition) is 5. The van der Waals surface area contributed by atoms with Gasteiger partial charge in [-0.2, -0.15) is 0 Å². The van der Waals surface area contributed by atoms with E-state index in [2.05, 4.69) is 10.2 Å². The molecule has 0 aliphatic carbocycles. The SMILES string of the molecule is O=C(c1ccccc1Cl)c1cccc(Cl)c1-n1cnnc1CN1C(=O)c2ccccc2C1=O. The zero-order valence-corrected chi connectivity index (χ0v) is 18.4. The van der Waals surface area contributed by atoms with E-state index in [-0.39, 0.29) is 28.7 Å². The summed E-state index contributed by atoms with van der Waals surface area (Å²) in [5.41, 5.74) is 1.60. The molecule has 1 aliphatic heterocycles. The van der Waals surface area contributed by atoms with E-state index in [0.29, 0.717) is 27.4 Å². The second-order valence-corrected chi connectivity index (χ2v) is 8.12. The predicted molar refractivity (Wildman–Crippen MR) is 122 cm³/mol. The number of imide groups is 1. The van der Waals surface area contributed by atoms with Gasteiger partial charge < -0.3 is 0 Å². The van der Waals surface area contributed by atoms with E-state index in [9.17, 15) is 14.4 Å². The summed E-state index contributed by atoms with van der Waals surface area (Å²) < 4.78 is 1.51.